The zero-order chi connectivity index (χ0) is 14.8. The first-order valence-electron chi connectivity index (χ1n) is 6.74. The van der Waals surface area contributed by atoms with E-state index in [1.165, 1.54) is 5.56 Å². The lowest BCUT2D eigenvalue weighted by Crippen LogP contribution is -1.99. The normalized spacial score (nSPS) is 11.0. The van der Waals surface area contributed by atoms with Crippen molar-refractivity contribution >= 4 is 28.5 Å². The van der Waals surface area contributed by atoms with Crippen molar-refractivity contribution < 1.29 is 0 Å². The molecule has 0 atom stereocenters. The number of rotatable bonds is 4. The highest BCUT2D eigenvalue weighted by Gasteiger charge is 2.10. The molecule has 1 N–H and O–H groups in total. The minimum absolute atomic E-state index is 0.806. The van der Waals surface area contributed by atoms with Crippen molar-refractivity contribution in [2.24, 2.45) is 7.05 Å². The fraction of sp³-hybridized carbons (Fsp3) is 0.267. The minimum Gasteiger partial charge on any atom is -0.373 e. The number of hydrogen-bond donors (Lipinski definition) is 1. The second kappa shape index (κ2) is 5.73. The monoisotopic (exact) mass is 299 g/mol. The summed E-state index contributed by atoms with van der Waals surface area (Å²) in [5.74, 6) is 2.64. The third kappa shape index (κ3) is 2.71. The predicted molar refractivity (Wildman–Crippen MR) is 86.6 cm³/mol. The van der Waals surface area contributed by atoms with E-state index in [-0.39, 0.29) is 0 Å². The molecule has 0 bridgehead atoms. The summed E-state index contributed by atoms with van der Waals surface area (Å²) in [6.07, 6.45) is 0. The molecule has 21 heavy (non-hydrogen) atoms. The Morgan fingerprint density at radius 3 is 2.76 bits per heavy atom. The number of aryl methyl sites for hydroxylation is 1. The average molecular weight is 299 g/mol. The van der Waals surface area contributed by atoms with E-state index in [2.05, 4.69) is 32.6 Å². The number of hydrogen-bond acceptors (Lipinski definition) is 5. The molecule has 0 amide bonds. The molecule has 0 saturated carbocycles. The fourth-order valence-corrected chi connectivity index (χ4v) is 3.07. The van der Waals surface area contributed by atoms with Gasteiger partial charge in [-0.25, -0.2) is 4.98 Å². The van der Waals surface area contributed by atoms with Gasteiger partial charge in [0.15, 0.2) is 5.16 Å². The third-order valence-electron chi connectivity index (χ3n) is 3.45. The highest BCUT2D eigenvalue weighted by Crippen LogP contribution is 2.27. The molecule has 3 rings (SSSR count). The summed E-state index contributed by atoms with van der Waals surface area (Å²) >= 11 is 1.67. The van der Waals surface area contributed by atoms with E-state index in [9.17, 15) is 0 Å². The highest BCUT2D eigenvalue weighted by molar-refractivity contribution is 7.98. The summed E-state index contributed by atoms with van der Waals surface area (Å²) in [7, 11) is 3.88. The Labute approximate surface area is 127 Å². The van der Waals surface area contributed by atoms with Gasteiger partial charge in [-0.2, -0.15) is 0 Å². The number of nitrogens with zero attached hydrogens (tertiary/aromatic N) is 4. The van der Waals surface area contributed by atoms with Gasteiger partial charge in [0.1, 0.15) is 11.6 Å². The molecular formula is C15H17N5S. The van der Waals surface area contributed by atoms with Gasteiger partial charge in [0.05, 0.1) is 5.52 Å². The Balaban J connectivity index is 1.90. The van der Waals surface area contributed by atoms with Gasteiger partial charge in [-0.1, -0.05) is 30.0 Å². The molecule has 1 aromatic carbocycles. The largest absolute Gasteiger partial charge is 0.373 e. The Hall–Kier alpha value is -2.08. The van der Waals surface area contributed by atoms with Crippen LogP contribution in [0.3, 0.4) is 0 Å². The number of aromatic nitrogens is 4. The van der Waals surface area contributed by atoms with E-state index in [4.69, 9.17) is 0 Å². The molecule has 0 aliphatic heterocycles. The Bertz CT molecular complexity index is 781. The summed E-state index contributed by atoms with van der Waals surface area (Å²) in [6.45, 7) is 1.95. The number of pyridine rings is 1. The molecule has 0 radical (unpaired) electrons. The molecule has 0 unspecified atom stereocenters. The second-order valence-electron chi connectivity index (χ2n) is 4.82. The van der Waals surface area contributed by atoms with Crippen LogP contribution < -0.4 is 5.32 Å². The third-order valence-corrected chi connectivity index (χ3v) is 4.52. The van der Waals surface area contributed by atoms with Crippen LogP contribution in [0.5, 0.6) is 0 Å². The highest BCUT2D eigenvalue weighted by atomic mass is 32.2. The molecule has 0 aliphatic rings. The lowest BCUT2D eigenvalue weighted by molar-refractivity contribution is 0.765. The van der Waals surface area contributed by atoms with Gasteiger partial charge in [0.2, 0.25) is 0 Å². The summed E-state index contributed by atoms with van der Waals surface area (Å²) in [6, 6.07) is 10.3. The van der Waals surface area contributed by atoms with Crippen molar-refractivity contribution in [3.05, 3.63) is 41.7 Å². The van der Waals surface area contributed by atoms with E-state index in [0.717, 1.165) is 33.5 Å². The van der Waals surface area contributed by atoms with Crippen molar-refractivity contribution in [3.63, 3.8) is 0 Å². The zero-order valence-electron chi connectivity index (χ0n) is 12.3. The van der Waals surface area contributed by atoms with Crippen LogP contribution in [0, 0.1) is 6.92 Å². The number of benzene rings is 1. The van der Waals surface area contributed by atoms with E-state index >= 15 is 0 Å². The molecule has 6 heteroatoms. The molecule has 5 nitrogen and oxygen atoms in total. The standard InChI is InChI=1S/C15H17N5S/c1-10-18-19-15(20(10)3)21-9-12-8-11-6-4-5-7-13(11)17-14(12)16-2/h4-8H,9H2,1-3H3,(H,16,17). The Morgan fingerprint density at radius 2 is 2.05 bits per heavy atom. The maximum Gasteiger partial charge on any atom is 0.191 e. The average Bonchev–Trinajstić information content (AvgIpc) is 2.83. The first-order chi connectivity index (χ1) is 10.2. The van der Waals surface area contributed by atoms with Crippen molar-refractivity contribution in [2.45, 2.75) is 17.8 Å². The van der Waals surface area contributed by atoms with Gasteiger partial charge < -0.3 is 9.88 Å². The van der Waals surface area contributed by atoms with Crippen LogP contribution in [0.1, 0.15) is 11.4 Å². The van der Waals surface area contributed by atoms with Crippen LogP contribution in [0.25, 0.3) is 10.9 Å². The van der Waals surface area contributed by atoms with Crippen molar-refractivity contribution in [3.8, 4) is 0 Å². The molecule has 2 heterocycles. The smallest absolute Gasteiger partial charge is 0.191 e. The van der Waals surface area contributed by atoms with E-state index in [1.807, 2.05) is 43.8 Å². The topological polar surface area (TPSA) is 55.6 Å². The molecule has 0 spiro atoms. The van der Waals surface area contributed by atoms with Crippen LogP contribution in [-0.2, 0) is 12.8 Å². The van der Waals surface area contributed by atoms with Crippen LogP contribution in [0.4, 0.5) is 5.82 Å². The number of anilines is 1. The first kappa shape index (κ1) is 13.9. The van der Waals surface area contributed by atoms with Gasteiger partial charge >= 0.3 is 0 Å². The number of fused-ring (bicyclic) bond motifs is 1. The summed E-state index contributed by atoms with van der Waals surface area (Å²) in [5, 5.41) is 13.5. The molecule has 108 valence electrons. The summed E-state index contributed by atoms with van der Waals surface area (Å²) in [5.41, 5.74) is 2.17. The lowest BCUT2D eigenvalue weighted by Gasteiger charge is -2.09. The van der Waals surface area contributed by atoms with Crippen molar-refractivity contribution in [2.75, 3.05) is 12.4 Å². The summed E-state index contributed by atoms with van der Waals surface area (Å²) in [4.78, 5) is 4.67. The Morgan fingerprint density at radius 1 is 1.24 bits per heavy atom. The van der Waals surface area contributed by atoms with Gasteiger partial charge in [-0.05, 0) is 19.1 Å². The van der Waals surface area contributed by atoms with Gasteiger partial charge in [-0.15, -0.1) is 10.2 Å². The predicted octanol–water partition coefficient (Wildman–Crippen LogP) is 3.01. The number of para-hydroxylation sites is 1. The van der Waals surface area contributed by atoms with Crippen LogP contribution in [0.2, 0.25) is 0 Å². The first-order valence-corrected chi connectivity index (χ1v) is 7.73. The number of thioether (sulfide) groups is 1. The molecule has 0 saturated heterocycles. The maximum absolute atomic E-state index is 4.67. The van der Waals surface area contributed by atoms with Crippen molar-refractivity contribution in [1.29, 1.82) is 0 Å². The lowest BCUT2D eigenvalue weighted by atomic mass is 10.1. The molecule has 3 aromatic rings. The van der Waals surface area contributed by atoms with Gasteiger partial charge in [0.25, 0.3) is 0 Å². The van der Waals surface area contributed by atoms with E-state index < -0.39 is 0 Å². The van der Waals surface area contributed by atoms with Crippen LogP contribution >= 0.6 is 11.8 Å². The summed E-state index contributed by atoms with van der Waals surface area (Å²) < 4.78 is 2.00. The SMILES string of the molecule is CNc1nc2ccccc2cc1CSc1nnc(C)n1C. The Kier molecular flexibility index (Phi) is 3.79. The van der Waals surface area contributed by atoms with Crippen molar-refractivity contribution in [1.82, 2.24) is 19.7 Å². The molecule has 0 aliphatic carbocycles. The van der Waals surface area contributed by atoms with E-state index in [0.29, 0.717) is 0 Å². The number of nitrogens with one attached hydrogen (secondary N) is 1. The van der Waals surface area contributed by atoms with Crippen LogP contribution in [-0.4, -0.2) is 26.8 Å². The minimum atomic E-state index is 0.806. The van der Waals surface area contributed by atoms with Gasteiger partial charge in [-0.3, -0.25) is 0 Å². The molecular weight excluding hydrogens is 282 g/mol. The quantitative estimate of drug-likeness (QED) is 0.751. The van der Waals surface area contributed by atoms with E-state index in [1.54, 1.807) is 11.8 Å². The molecule has 0 fully saturated rings. The van der Waals surface area contributed by atoms with Crippen LogP contribution in [0.15, 0.2) is 35.5 Å². The fourth-order valence-electron chi connectivity index (χ4n) is 2.14. The second-order valence-corrected chi connectivity index (χ2v) is 5.76. The maximum atomic E-state index is 4.67. The van der Waals surface area contributed by atoms with Gasteiger partial charge in [0, 0.05) is 30.8 Å². The molecule has 2 aromatic heterocycles. The zero-order valence-corrected chi connectivity index (χ0v) is 13.1.